The molecule has 2 aromatic rings. The number of carbonyl (C=O) groups is 1. The Balaban J connectivity index is 1.74. The molecule has 2 aliphatic rings. The third-order valence-corrected chi connectivity index (χ3v) is 4.18. The van der Waals surface area contributed by atoms with Crippen molar-refractivity contribution in [3.63, 3.8) is 0 Å². The summed E-state index contributed by atoms with van der Waals surface area (Å²) in [5.41, 5.74) is 0.612. The largest absolute Gasteiger partial charge is 0.505 e. The molecule has 0 saturated heterocycles. The molecule has 22 heavy (non-hydrogen) atoms. The van der Waals surface area contributed by atoms with E-state index in [0.717, 1.165) is 18.9 Å². The minimum absolute atomic E-state index is 0.211. The maximum Gasteiger partial charge on any atom is 0.258 e. The number of phenolic OH excluding ortho intramolecular Hbond substituents is 1. The highest BCUT2D eigenvalue weighted by Gasteiger charge is 2.51. The zero-order chi connectivity index (χ0) is 15.3. The quantitative estimate of drug-likeness (QED) is 0.880. The molecule has 4 rings (SSSR count). The summed E-state index contributed by atoms with van der Waals surface area (Å²) in [6.45, 7) is 0.464. The number of benzene rings is 2. The second-order valence-corrected chi connectivity index (χ2v) is 5.81. The number of hydrogen-bond acceptors (Lipinski definition) is 3. The van der Waals surface area contributed by atoms with E-state index in [9.17, 15) is 14.3 Å². The van der Waals surface area contributed by atoms with Crippen molar-refractivity contribution in [2.24, 2.45) is 0 Å². The summed E-state index contributed by atoms with van der Waals surface area (Å²) >= 11 is 0. The monoisotopic (exact) mass is 299 g/mol. The van der Waals surface area contributed by atoms with Crippen LogP contribution in [0.2, 0.25) is 0 Å². The average molecular weight is 299 g/mol. The Morgan fingerprint density at radius 2 is 2.00 bits per heavy atom. The number of amides is 1. The fourth-order valence-electron chi connectivity index (χ4n) is 2.78. The van der Waals surface area contributed by atoms with Gasteiger partial charge in [-0.05, 0) is 43.2 Å². The molecule has 5 heteroatoms. The average Bonchev–Trinajstić information content (AvgIpc) is 3.27. The maximum atomic E-state index is 13.5. The Kier molecular flexibility index (Phi) is 2.66. The fraction of sp³-hybridized carbons (Fsp3) is 0.235. The van der Waals surface area contributed by atoms with E-state index >= 15 is 0 Å². The van der Waals surface area contributed by atoms with Gasteiger partial charge in [0.2, 0.25) is 0 Å². The van der Waals surface area contributed by atoms with Gasteiger partial charge in [0.05, 0.1) is 12.2 Å². The standard InChI is InChI=1S/C17H14FNO3/c18-12-9-11(5-6-14(12)20)16(21)19-10-17(7-8-17)22-15-4-2-1-3-13(15)19/h1-6,9,20H,7-8,10H2. The van der Waals surface area contributed by atoms with Gasteiger partial charge < -0.3 is 14.7 Å². The number of rotatable bonds is 1. The lowest BCUT2D eigenvalue weighted by Crippen LogP contribution is -2.45. The van der Waals surface area contributed by atoms with Gasteiger partial charge in [-0.1, -0.05) is 12.1 Å². The minimum Gasteiger partial charge on any atom is -0.505 e. The molecule has 4 nitrogen and oxygen atoms in total. The Morgan fingerprint density at radius 3 is 2.73 bits per heavy atom. The molecular weight excluding hydrogens is 285 g/mol. The molecule has 1 N–H and O–H groups in total. The van der Waals surface area contributed by atoms with Crippen molar-refractivity contribution >= 4 is 11.6 Å². The molecule has 0 atom stereocenters. The molecule has 1 spiro atoms. The number of para-hydroxylation sites is 2. The van der Waals surface area contributed by atoms with Crippen LogP contribution >= 0.6 is 0 Å². The molecule has 2 aromatic carbocycles. The summed E-state index contributed by atoms with van der Waals surface area (Å²) < 4.78 is 19.5. The molecule has 1 saturated carbocycles. The Morgan fingerprint density at radius 1 is 1.23 bits per heavy atom. The molecule has 1 aliphatic carbocycles. The predicted molar refractivity (Wildman–Crippen MR) is 78.8 cm³/mol. The normalized spacial score (nSPS) is 17.8. The number of hydrogen-bond donors (Lipinski definition) is 1. The van der Waals surface area contributed by atoms with Gasteiger partial charge in [0.1, 0.15) is 11.4 Å². The molecule has 1 aliphatic heterocycles. The van der Waals surface area contributed by atoms with Gasteiger partial charge in [-0.15, -0.1) is 0 Å². The van der Waals surface area contributed by atoms with E-state index in [2.05, 4.69) is 0 Å². The first-order chi connectivity index (χ1) is 10.6. The molecule has 0 unspecified atom stereocenters. The van der Waals surface area contributed by atoms with Crippen LogP contribution in [0.1, 0.15) is 23.2 Å². The van der Waals surface area contributed by atoms with E-state index in [4.69, 9.17) is 4.74 Å². The third-order valence-electron chi connectivity index (χ3n) is 4.18. The van der Waals surface area contributed by atoms with Crippen LogP contribution in [0.15, 0.2) is 42.5 Å². The number of phenols is 1. The lowest BCUT2D eigenvalue weighted by atomic mass is 10.1. The number of nitrogens with zero attached hydrogens (tertiary/aromatic N) is 1. The molecule has 1 heterocycles. The number of ether oxygens (including phenoxy) is 1. The van der Waals surface area contributed by atoms with Crippen molar-refractivity contribution < 1.29 is 19.0 Å². The molecule has 112 valence electrons. The number of anilines is 1. The Labute approximate surface area is 126 Å². The molecule has 0 radical (unpaired) electrons. The van der Waals surface area contributed by atoms with Crippen LogP contribution in [0.25, 0.3) is 0 Å². The number of carbonyl (C=O) groups excluding carboxylic acids is 1. The van der Waals surface area contributed by atoms with Gasteiger partial charge in [-0.3, -0.25) is 4.79 Å². The highest BCUT2D eigenvalue weighted by Crippen LogP contribution is 2.48. The summed E-state index contributed by atoms with van der Waals surface area (Å²) in [6, 6.07) is 11.1. The van der Waals surface area contributed by atoms with Crippen molar-refractivity contribution in [2.75, 3.05) is 11.4 Å². The number of halogens is 1. The Hall–Kier alpha value is -2.56. The van der Waals surface area contributed by atoms with Gasteiger partial charge in [0.25, 0.3) is 5.91 Å². The maximum absolute atomic E-state index is 13.5. The van der Waals surface area contributed by atoms with Crippen LogP contribution in [0.3, 0.4) is 0 Å². The lowest BCUT2D eigenvalue weighted by Gasteiger charge is -2.35. The SMILES string of the molecule is O=C(c1ccc(O)c(F)c1)N1CC2(CC2)Oc2ccccc21. The van der Waals surface area contributed by atoms with Crippen LogP contribution in [0, 0.1) is 5.82 Å². The summed E-state index contributed by atoms with van der Waals surface area (Å²) in [5, 5.41) is 9.27. The van der Waals surface area contributed by atoms with Crippen molar-refractivity contribution in [3.8, 4) is 11.5 Å². The van der Waals surface area contributed by atoms with E-state index < -0.39 is 11.6 Å². The van der Waals surface area contributed by atoms with E-state index in [0.29, 0.717) is 18.0 Å². The van der Waals surface area contributed by atoms with E-state index in [1.54, 1.807) is 4.90 Å². The minimum atomic E-state index is -0.798. The second-order valence-electron chi connectivity index (χ2n) is 5.81. The predicted octanol–water partition coefficient (Wildman–Crippen LogP) is 3.10. The van der Waals surface area contributed by atoms with Crippen LogP contribution in [0.4, 0.5) is 10.1 Å². The first kappa shape index (κ1) is 13.1. The zero-order valence-electron chi connectivity index (χ0n) is 11.8. The van der Waals surface area contributed by atoms with E-state index in [1.807, 2.05) is 24.3 Å². The second kappa shape index (κ2) is 4.47. The van der Waals surface area contributed by atoms with Crippen LogP contribution in [-0.4, -0.2) is 23.2 Å². The van der Waals surface area contributed by atoms with Crippen molar-refractivity contribution in [2.45, 2.75) is 18.4 Å². The summed E-state index contributed by atoms with van der Waals surface area (Å²) in [4.78, 5) is 14.4. The third kappa shape index (κ3) is 2.01. The molecular formula is C17H14FNO3. The molecule has 0 bridgehead atoms. The molecule has 1 amide bonds. The highest BCUT2D eigenvalue weighted by molar-refractivity contribution is 6.07. The zero-order valence-corrected chi connectivity index (χ0v) is 11.8. The van der Waals surface area contributed by atoms with Gasteiger partial charge in [-0.25, -0.2) is 4.39 Å². The smallest absolute Gasteiger partial charge is 0.258 e. The number of fused-ring (bicyclic) bond motifs is 1. The van der Waals surface area contributed by atoms with Gasteiger partial charge in [-0.2, -0.15) is 0 Å². The van der Waals surface area contributed by atoms with Gasteiger partial charge in [0, 0.05) is 5.56 Å². The summed E-state index contributed by atoms with van der Waals surface area (Å²) in [7, 11) is 0. The van der Waals surface area contributed by atoms with Crippen molar-refractivity contribution in [3.05, 3.63) is 53.8 Å². The van der Waals surface area contributed by atoms with Crippen LogP contribution in [-0.2, 0) is 0 Å². The van der Waals surface area contributed by atoms with Crippen molar-refractivity contribution in [1.82, 2.24) is 0 Å². The van der Waals surface area contributed by atoms with Crippen LogP contribution in [0.5, 0.6) is 11.5 Å². The van der Waals surface area contributed by atoms with E-state index in [-0.39, 0.29) is 17.1 Å². The van der Waals surface area contributed by atoms with Crippen molar-refractivity contribution in [1.29, 1.82) is 0 Å². The topological polar surface area (TPSA) is 49.8 Å². The summed E-state index contributed by atoms with van der Waals surface area (Å²) in [5.74, 6) is -0.870. The lowest BCUT2D eigenvalue weighted by molar-refractivity contribution is 0.0943. The highest BCUT2D eigenvalue weighted by atomic mass is 19.1. The molecule has 1 fully saturated rings. The first-order valence-electron chi connectivity index (χ1n) is 7.16. The molecule has 0 aromatic heterocycles. The van der Waals surface area contributed by atoms with Gasteiger partial charge >= 0.3 is 0 Å². The summed E-state index contributed by atoms with van der Waals surface area (Å²) in [6.07, 6.45) is 1.82. The van der Waals surface area contributed by atoms with E-state index in [1.165, 1.54) is 12.1 Å². The fourth-order valence-corrected chi connectivity index (χ4v) is 2.78. The first-order valence-corrected chi connectivity index (χ1v) is 7.16. The van der Waals surface area contributed by atoms with Gasteiger partial charge in [0.15, 0.2) is 11.6 Å². The van der Waals surface area contributed by atoms with Crippen LogP contribution < -0.4 is 9.64 Å². The number of aromatic hydroxyl groups is 1. The Bertz CT molecular complexity index is 770.